The maximum Gasteiger partial charge on any atom is 0.146 e. The number of hydrogen-bond donors (Lipinski definition) is 1. The molecule has 1 N–H and O–H groups in total. The first-order valence-corrected chi connectivity index (χ1v) is 6.87. The Morgan fingerprint density at radius 2 is 2.37 bits per heavy atom. The van der Waals surface area contributed by atoms with E-state index in [1.807, 2.05) is 18.5 Å². The number of benzene rings is 1. The molecule has 1 aliphatic rings. The Bertz CT molecular complexity index is 562. The average molecular weight is 257 g/mol. The first-order valence-electron chi connectivity index (χ1n) is 6.87. The molecule has 3 rings (SSSR count). The van der Waals surface area contributed by atoms with Crippen molar-refractivity contribution in [2.75, 3.05) is 11.9 Å². The van der Waals surface area contributed by atoms with Gasteiger partial charge in [0.2, 0.25) is 0 Å². The third kappa shape index (κ3) is 2.43. The lowest BCUT2D eigenvalue weighted by Crippen LogP contribution is -2.13. The largest absolute Gasteiger partial charge is 0.484 e. The third-order valence-corrected chi connectivity index (χ3v) is 3.54. The van der Waals surface area contributed by atoms with Crippen molar-refractivity contribution in [2.24, 2.45) is 0 Å². The lowest BCUT2D eigenvalue weighted by Gasteiger charge is -2.21. The van der Waals surface area contributed by atoms with Gasteiger partial charge in [-0.15, -0.1) is 0 Å². The zero-order valence-corrected chi connectivity index (χ0v) is 11.2. The van der Waals surface area contributed by atoms with Crippen molar-refractivity contribution in [3.05, 3.63) is 42.0 Å². The molecule has 0 radical (unpaired) electrons. The zero-order chi connectivity index (χ0) is 13.1. The summed E-state index contributed by atoms with van der Waals surface area (Å²) >= 11 is 0. The number of anilines is 1. The number of aromatic nitrogens is 2. The van der Waals surface area contributed by atoms with Crippen molar-refractivity contribution in [3.63, 3.8) is 0 Å². The van der Waals surface area contributed by atoms with Crippen LogP contribution in [0.15, 0.2) is 30.6 Å². The molecule has 1 aromatic heterocycles. The number of imidazole rings is 1. The predicted molar refractivity (Wildman–Crippen MR) is 75.5 cm³/mol. The minimum atomic E-state index is 0.513. The fraction of sp³-hybridized carbons (Fsp3) is 0.400. The summed E-state index contributed by atoms with van der Waals surface area (Å²) in [6.07, 6.45) is 6.12. The molecule has 2 heterocycles. The van der Waals surface area contributed by atoms with Crippen LogP contribution in [0.4, 0.5) is 5.69 Å². The Balaban J connectivity index is 1.77. The lowest BCUT2D eigenvalue weighted by atomic mass is 10.0. The summed E-state index contributed by atoms with van der Waals surface area (Å²) in [4.78, 5) is 4.33. The summed E-state index contributed by atoms with van der Waals surface area (Å²) in [6, 6.07) is 6.26. The van der Waals surface area contributed by atoms with Gasteiger partial charge in [-0.25, -0.2) is 4.98 Å². The maximum atomic E-state index is 5.95. The van der Waals surface area contributed by atoms with Crippen LogP contribution in [0.1, 0.15) is 24.7 Å². The van der Waals surface area contributed by atoms with Crippen LogP contribution in [0.2, 0.25) is 0 Å². The van der Waals surface area contributed by atoms with E-state index in [1.165, 1.54) is 12.0 Å². The fourth-order valence-electron chi connectivity index (χ4n) is 2.51. The molecule has 2 aromatic rings. The molecule has 0 unspecified atom stereocenters. The first-order chi connectivity index (χ1) is 9.38. The molecular formula is C15H19N3O. The van der Waals surface area contributed by atoms with Crippen LogP contribution in [-0.2, 0) is 19.6 Å². The van der Waals surface area contributed by atoms with E-state index in [1.54, 1.807) is 0 Å². The Kier molecular flexibility index (Phi) is 3.40. The molecular weight excluding hydrogens is 238 g/mol. The van der Waals surface area contributed by atoms with Crippen LogP contribution in [-0.4, -0.2) is 16.1 Å². The predicted octanol–water partition coefficient (Wildman–Crippen LogP) is 2.84. The minimum absolute atomic E-state index is 0.513. The monoisotopic (exact) mass is 257 g/mol. The van der Waals surface area contributed by atoms with Crippen molar-refractivity contribution in [1.29, 1.82) is 0 Å². The van der Waals surface area contributed by atoms with Crippen LogP contribution in [0.3, 0.4) is 0 Å². The van der Waals surface area contributed by atoms with Gasteiger partial charge in [0.15, 0.2) is 0 Å². The third-order valence-electron chi connectivity index (χ3n) is 3.54. The number of nitrogens with one attached hydrogen (secondary N) is 1. The highest BCUT2D eigenvalue weighted by Gasteiger charge is 2.13. The molecule has 19 heavy (non-hydrogen) atoms. The molecule has 0 spiro atoms. The van der Waals surface area contributed by atoms with E-state index >= 15 is 0 Å². The Hall–Kier alpha value is -1.97. The molecule has 0 saturated carbocycles. The number of para-hydroxylation sites is 1. The second-order valence-corrected chi connectivity index (χ2v) is 4.74. The Morgan fingerprint density at radius 3 is 3.26 bits per heavy atom. The van der Waals surface area contributed by atoms with E-state index in [-0.39, 0.29) is 0 Å². The van der Waals surface area contributed by atoms with Crippen molar-refractivity contribution in [2.45, 2.75) is 32.9 Å². The highest BCUT2D eigenvalue weighted by molar-refractivity contribution is 5.63. The zero-order valence-electron chi connectivity index (χ0n) is 11.2. The molecule has 0 saturated heterocycles. The van der Waals surface area contributed by atoms with E-state index in [9.17, 15) is 0 Å². The Labute approximate surface area is 113 Å². The standard InChI is InChI=1S/C15H19N3O/c1-2-18-10-9-16-14(18)11-19-13-7-3-5-12-6-4-8-17-15(12)13/h3,5,7,9-10,17H,2,4,6,8,11H2,1H3. The van der Waals surface area contributed by atoms with Crippen LogP contribution in [0, 0.1) is 0 Å². The quantitative estimate of drug-likeness (QED) is 0.915. The topological polar surface area (TPSA) is 39.1 Å². The number of fused-ring (bicyclic) bond motifs is 1. The van der Waals surface area contributed by atoms with Crippen LogP contribution in [0.5, 0.6) is 5.75 Å². The summed E-state index contributed by atoms with van der Waals surface area (Å²) in [5, 5.41) is 3.44. The molecule has 0 atom stereocenters. The number of rotatable bonds is 4. The van der Waals surface area contributed by atoms with Gasteiger partial charge in [-0.3, -0.25) is 0 Å². The van der Waals surface area contributed by atoms with Crippen LogP contribution in [0.25, 0.3) is 0 Å². The second kappa shape index (κ2) is 5.34. The van der Waals surface area contributed by atoms with Gasteiger partial charge >= 0.3 is 0 Å². The van der Waals surface area contributed by atoms with Crippen LogP contribution < -0.4 is 10.1 Å². The van der Waals surface area contributed by atoms with Crippen molar-refractivity contribution in [3.8, 4) is 5.75 Å². The fourth-order valence-corrected chi connectivity index (χ4v) is 2.51. The highest BCUT2D eigenvalue weighted by atomic mass is 16.5. The van der Waals surface area contributed by atoms with E-state index in [2.05, 4.69) is 33.9 Å². The van der Waals surface area contributed by atoms with Gasteiger partial charge in [0.1, 0.15) is 18.2 Å². The highest BCUT2D eigenvalue weighted by Crippen LogP contribution is 2.32. The molecule has 4 heteroatoms. The van der Waals surface area contributed by atoms with Gasteiger partial charge in [0.05, 0.1) is 5.69 Å². The molecule has 0 bridgehead atoms. The second-order valence-electron chi connectivity index (χ2n) is 4.74. The normalized spacial score (nSPS) is 13.7. The van der Waals surface area contributed by atoms with Crippen molar-refractivity contribution in [1.82, 2.24) is 9.55 Å². The lowest BCUT2D eigenvalue weighted by molar-refractivity contribution is 0.291. The maximum absolute atomic E-state index is 5.95. The molecule has 4 nitrogen and oxygen atoms in total. The molecule has 100 valence electrons. The summed E-state index contributed by atoms with van der Waals surface area (Å²) in [5.41, 5.74) is 2.51. The number of hydrogen-bond acceptors (Lipinski definition) is 3. The summed E-state index contributed by atoms with van der Waals surface area (Å²) < 4.78 is 8.05. The van der Waals surface area contributed by atoms with E-state index in [0.717, 1.165) is 36.8 Å². The summed E-state index contributed by atoms with van der Waals surface area (Å²) in [6.45, 7) is 4.57. The van der Waals surface area contributed by atoms with Gasteiger partial charge in [0.25, 0.3) is 0 Å². The number of nitrogens with zero attached hydrogens (tertiary/aromatic N) is 2. The van der Waals surface area contributed by atoms with Crippen LogP contribution >= 0.6 is 0 Å². The van der Waals surface area contributed by atoms with E-state index in [4.69, 9.17) is 4.74 Å². The van der Waals surface area contributed by atoms with Gasteiger partial charge in [-0.2, -0.15) is 0 Å². The van der Waals surface area contributed by atoms with E-state index in [0.29, 0.717) is 6.61 Å². The first kappa shape index (κ1) is 12.1. The van der Waals surface area contributed by atoms with E-state index < -0.39 is 0 Å². The number of aryl methyl sites for hydroxylation is 2. The molecule has 1 aromatic carbocycles. The molecule has 0 amide bonds. The average Bonchev–Trinajstić information content (AvgIpc) is 2.92. The van der Waals surface area contributed by atoms with Gasteiger partial charge in [-0.05, 0) is 31.4 Å². The molecule has 1 aliphatic heterocycles. The van der Waals surface area contributed by atoms with Gasteiger partial charge in [0, 0.05) is 25.5 Å². The SMILES string of the molecule is CCn1ccnc1COc1cccc2c1NCCC2. The van der Waals surface area contributed by atoms with Gasteiger partial charge < -0.3 is 14.6 Å². The van der Waals surface area contributed by atoms with Crippen molar-refractivity contribution < 1.29 is 4.74 Å². The molecule has 0 aliphatic carbocycles. The summed E-state index contributed by atoms with van der Waals surface area (Å²) in [7, 11) is 0. The smallest absolute Gasteiger partial charge is 0.146 e. The number of ether oxygens (including phenoxy) is 1. The summed E-state index contributed by atoms with van der Waals surface area (Å²) in [5.74, 6) is 1.90. The van der Waals surface area contributed by atoms with Gasteiger partial charge in [-0.1, -0.05) is 12.1 Å². The minimum Gasteiger partial charge on any atom is -0.484 e. The Morgan fingerprint density at radius 1 is 1.42 bits per heavy atom. The van der Waals surface area contributed by atoms with Crippen molar-refractivity contribution >= 4 is 5.69 Å². The molecule has 0 fully saturated rings.